The fourth-order valence-corrected chi connectivity index (χ4v) is 3.17. The zero-order chi connectivity index (χ0) is 18.4. The molecular formula is C19H29N7. The van der Waals surface area contributed by atoms with Crippen LogP contribution >= 0.6 is 0 Å². The lowest BCUT2D eigenvalue weighted by Crippen LogP contribution is -2.49. The van der Waals surface area contributed by atoms with Gasteiger partial charge >= 0.3 is 0 Å². The van der Waals surface area contributed by atoms with Gasteiger partial charge in [0.2, 0.25) is 0 Å². The molecule has 1 aliphatic rings. The minimum atomic E-state index is 0.440. The Morgan fingerprint density at radius 3 is 2.62 bits per heavy atom. The number of nitrogens with zero attached hydrogens (tertiary/aromatic N) is 5. The third-order valence-electron chi connectivity index (χ3n) is 4.67. The van der Waals surface area contributed by atoms with Gasteiger partial charge in [0, 0.05) is 45.1 Å². The van der Waals surface area contributed by atoms with Gasteiger partial charge in [0.05, 0.1) is 12.7 Å². The molecule has 0 amide bonds. The van der Waals surface area contributed by atoms with Crippen LogP contribution in [0.25, 0.3) is 0 Å². The van der Waals surface area contributed by atoms with Crippen LogP contribution in [-0.4, -0.2) is 53.4 Å². The molecule has 3 rings (SSSR count). The predicted octanol–water partition coefficient (Wildman–Crippen LogP) is 1.73. The molecule has 0 spiro atoms. The topological polar surface area (TPSA) is 70.4 Å². The summed E-state index contributed by atoms with van der Waals surface area (Å²) in [6, 6.07) is 4.68. The molecule has 2 aromatic rings. The fourth-order valence-electron chi connectivity index (χ4n) is 3.17. The van der Waals surface area contributed by atoms with E-state index in [1.54, 1.807) is 0 Å². The van der Waals surface area contributed by atoms with Gasteiger partial charge in [-0.3, -0.25) is 9.67 Å². The molecule has 1 fully saturated rings. The third kappa shape index (κ3) is 4.97. The normalized spacial score (nSPS) is 16.0. The summed E-state index contributed by atoms with van der Waals surface area (Å²) in [6.07, 6.45) is 8.02. The van der Waals surface area contributed by atoms with E-state index in [9.17, 15) is 0 Å². The van der Waals surface area contributed by atoms with Crippen LogP contribution < -0.4 is 15.5 Å². The Balaban J connectivity index is 1.41. The number of aromatic nitrogens is 3. The molecule has 0 saturated carbocycles. The maximum atomic E-state index is 4.54. The van der Waals surface area contributed by atoms with Gasteiger partial charge in [-0.2, -0.15) is 5.10 Å². The van der Waals surface area contributed by atoms with Crippen molar-refractivity contribution in [2.75, 3.05) is 31.6 Å². The number of rotatable bonds is 5. The van der Waals surface area contributed by atoms with Crippen molar-refractivity contribution in [1.82, 2.24) is 25.4 Å². The summed E-state index contributed by atoms with van der Waals surface area (Å²) in [5.41, 5.74) is 2.38. The summed E-state index contributed by atoms with van der Waals surface area (Å²) in [5.74, 6) is 1.94. The van der Waals surface area contributed by atoms with Gasteiger partial charge in [0.1, 0.15) is 5.82 Å². The molecule has 0 aromatic carbocycles. The van der Waals surface area contributed by atoms with E-state index in [4.69, 9.17) is 0 Å². The fraction of sp³-hybridized carbons (Fsp3) is 0.526. The average molecular weight is 355 g/mol. The summed E-state index contributed by atoms with van der Waals surface area (Å²) in [6.45, 7) is 7.77. The van der Waals surface area contributed by atoms with Gasteiger partial charge in [-0.1, -0.05) is 6.07 Å². The van der Waals surface area contributed by atoms with E-state index in [-0.39, 0.29) is 0 Å². The Labute approximate surface area is 155 Å². The molecule has 2 aromatic heterocycles. The molecule has 3 heterocycles. The molecule has 0 bridgehead atoms. The Bertz CT molecular complexity index is 712. The molecule has 1 aliphatic heterocycles. The van der Waals surface area contributed by atoms with Gasteiger partial charge in [-0.05, 0) is 43.9 Å². The second-order valence-corrected chi connectivity index (χ2v) is 6.88. The van der Waals surface area contributed by atoms with Crippen molar-refractivity contribution in [2.24, 2.45) is 4.99 Å². The third-order valence-corrected chi connectivity index (χ3v) is 4.67. The van der Waals surface area contributed by atoms with Crippen LogP contribution in [-0.2, 0) is 6.54 Å². The van der Waals surface area contributed by atoms with Crippen molar-refractivity contribution < 1.29 is 0 Å². The van der Waals surface area contributed by atoms with E-state index < -0.39 is 0 Å². The molecular weight excluding hydrogens is 326 g/mol. The summed E-state index contributed by atoms with van der Waals surface area (Å²) in [4.78, 5) is 11.2. The lowest BCUT2D eigenvalue weighted by Gasteiger charge is -2.33. The van der Waals surface area contributed by atoms with Crippen molar-refractivity contribution in [3.8, 4) is 0 Å². The highest BCUT2D eigenvalue weighted by atomic mass is 15.3. The summed E-state index contributed by atoms with van der Waals surface area (Å²) in [7, 11) is 1.82. The maximum Gasteiger partial charge on any atom is 0.191 e. The summed E-state index contributed by atoms with van der Waals surface area (Å²) >= 11 is 0. The van der Waals surface area contributed by atoms with Crippen molar-refractivity contribution in [3.63, 3.8) is 0 Å². The molecule has 0 aliphatic carbocycles. The van der Waals surface area contributed by atoms with Crippen molar-refractivity contribution in [2.45, 2.75) is 39.3 Å². The zero-order valence-electron chi connectivity index (χ0n) is 15.9. The van der Waals surface area contributed by atoms with E-state index in [1.165, 1.54) is 11.1 Å². The lowest BCUT2D eigenvalue weighted by molar-refractivity contribution is 0.458. The molecule has 7 nitrogen and oxygen atoms in total. The first-order valence-electron chi connectivity index (χ1n) is 9.28. The van der Waals surface area contributed by atoms with Crippen LogP contribution in [0.15, 0.2) is 35.7 Å². The van der Waals surface area contributed by atoms with Crippen LogP contribution in [0.1, 0.15) is 24.0 Å². The zero-order valence-corrected chi connectivity index (χ0v) is 15.9. The Kier molecular flexibility index (Phi) is 6.09. The highest BCUT2D eigenvalue weighted by Gasteiger charge is 2.20. The largest absolute Gasteiger partial charge is 0.356 e. The Hall–Kier alpha value is -2.57. The second kappa shape index (κ2) is 8.69. The lowest BCUT2D eigenvalue weighted by atomic mass is 10.1. The number of aliphatic imine (C=N–C) groups is 1. The van der Waals surface area contributed by atoms with E-state index in [0.717, 1.165) is 50.8 Å². The van der Waals surface area contributed by atoms with Gasteiger partial charge in [-0.15, -0.1) is 0 Å². The quantitative estimate of drug-likeness (QED) is 0.631. The van der Waals surface area contributed by atoms with E-state index in [1.807, 2.05) is 30.3 Å². The average Bonchev–Trinajstić information content (AvgIpc) is 3.07. The first-order valence-corrected chi connectivity index (χ1v) is 9.28. The van der Waals surface area contributed by atoms with E-state index in [0.29, 0.717) is 6.04 Å². The number of nitrogens with one attached hydrogen (secondary N) is 2. The van der Waals surface area contributed by atoms with E-state index in [2.05, 4.69) is 56.6 Å². The Morgan fingerprint density at radius 1 is 1.19 bits per heavy atom. The molecule has 2 N–H and O–H groups in total. The van der Waals surface area contributed by atoms with Crippen molar-refractivity contribution >= 4 is 11.8 Å². The number of aryl methyl sites for hydroxylation is 2. The highest BCUT2D eigenvalue weighted by molar-refractivity contribution is 5.79. The molecule has 0 atom stereocenters. The van der Waals surface area contributed by atoms with Crippen LogP contribution in [0.4, 0.5) is 5.82 Å². The number of anilines is 1. The number of hydrogen-bond acceptors (Lipinski definition) is 4. The molecule has 0 radical (unpaired) electrons. The standard InChI is InChI=1S/C19H29N7/c1-15-4-5-18(22-12-15)25-9-6-17(7-10-25)24-19(20-3)21-8-11-26-14-16(2)13-23-26/h4-5,12-14,17H,6-11H2,1-3H3,(H2,20,21,24). The number of hydrogen-bond donors (Lipinski definition) is 2. The molecule has 0 unspecified atom stereocenters. The minimum absolute atomic E-state index is 0.440. The van der Waals surface area contributed by atoms with Crippen LogP contribution in [0.2, 0.25) is 0 Å². The highest BCUT2D eigenvalue weighted by Crippen LogP contribution is 2.17. The predicted molar refractivity (Wildman–Crippen MR) is 106 cm³/mol. The van der Waals surface area contributed by atoms with Gasteiger partial charge in [0.15, 0.2) is 5.96 Å². The number of guanidine groups is 1. The first-order chi connectivity index (χ1) is 12.6. The van der Waals surface area contributed by atoms with Gasteiger partial charge in [0.25, 0.3) is 0 Å². The van der Waals surface area contributed by atoms with Crippen LogP contribution in [0, 0.1) is 13.8 Å². The molecule has 1 saturated heterocycles. The van der Waals surface area contributed by atoms with Crippen LogP contribution in [0.5, 0.6) is 0 Å². The number of pyridine rings is 1. The first kappa shape index (κ1) is 18.2. The van der Waals surface area contributed by atoms with Gasteiger partial charge < -0.3 is 15.5 Å². The summed E-state index contributed by atoms with van der Waals surface area (Å²) in [5, 5.41) is 11.2. The number of piperidine rings is 1. The van der Waals surface area contributed by atoms with Crippen molar-refractivity contribution in [3.05, 3.63) is 41.9 Å². The maximum absolute atomic E-state index is 4.54. The second-order valence-electron chi connectivity index (χ2n) is 6.88. The van der Waals surface area contributed by atoms with Crippen molar-refractivity contribution in [1.29, 1.82) is 0 Å². The molecule has 7 heteroatoms. The molecule has 26 heavy (non-hydrogen) atoms. The summed E-state index contributed by atoms with van der Waals surface area (Å²) < 4.78 is 1.95. The van der Waals surface area contributed by atoms with Gasteiger partial charge in [-0.25, -0.2) is 4.98 Å². The molecule has 140 valence electrons. The monoisotopic (exact) mass is 355 g/mol. The van der Waals surface area contributed by atoms with E-state index >= 15 is 0 Å². The smallest absolute Gasteiger partial charge is 0.191 e. The SMILES string of the molecule is CN=C(NCCn1cc(C)cn1)NC1CCN(c2ccc(C)cn2)CC1. The van der Waals surface area contributed by atoms with Crippen LogP contribution in [0.3, 0.4) is 0 Å². The Morgan fingerprint density at radius 2 is 2.00 bits per heavy atom. The minimum Gasteiger partial charge on any atom is -0.356 e.